The number of allylic oxidation sites excluding steroid dienone is 1. The van der Waals surface area contributed by atoms with Crippen LogP contribution in [0.25, 0.3) is 0 Å². The molecule has 3 unspecified atom stereocenters. The molecule has 3 heterocycles. The van der Waals surface area contributed by atoms with E-state index in [4.69, 9.17) is 4.74 Å². The molecule has 0 saturated carbocycles. The van der Waals surface area contributed by atoms with Crippen LogP contribution in [-0.2, 0) is 19.1 Å². The number of hydrogen-bond donors (Lipinski definition) is 1. The van der Waals surface area contributed by atoms with Crippen molar-refractivity contribution in [3.8, 4) is 0 Å². The standard InChI is InChI=1S/C26H39BrN2O5S/c1-4-7-9-10-16-34-25(33)19-20-23(31)29(14-11-15-30)22(26(20)17-18(27)21(19)35-26)24(32)28(12-6-3)13-8-5-2/h4,6,18-22,30H,1,3,5,7-17H2,2H3/t18?,19-,20+,21-,22?,26?/m1/s1. The van der Waals surface area contributed by atoms with Gasteiger partial charge in [-0.15, -0.1) is 24.9 Å². The Morgan fingerprint density at radius 1 is 1.29 bits per heavy atom. The van der Waals surface area contributed by atoms with Gasteiger partial charge in [-0.2, -0.15) is 0 Å². The maximum absolute atomic E-state index is 14.0. The Morgan fingerprint density at radius 3 is 2.71 bits per heavy atom. The highest BCUT2D eigenvalue weighted by Crippen LogP contribution is 2.68. The number of hydrogen-bond acceptors (Lipinski definition) is 6. The van der Waals surface area contributed by atoms with E-state index in [0.717, 1.165) is 32.1 Å². The Bertz CT molecular complexity index is 811. The van der Waals surface area contributed by atoms with E-state index in [1.807, 2.05) is 6.08 Å². The van der Waals surface area contributed by atoms with Gasteiger partial charge in [-0.05, 0) is 38.5 Å². The Hall–Kier alpha value is -1.32. The van der Waals surface area contributed by atoms with Crippen molar-refractivity contribution in [3.05, 3.63) is 25.3 Å². The van der Waals surface area contributed by atoms with Crippen molar-refractivity contribution in [2.75, 3.05) is 32.8 Å². The molecule has 3 saturated heterocycles. The maximum atomic E-state index is 14.0. The van der Waals surface area contributed by atoms with Gasteiger partial charge < -0.3 is 19.6 Å². The van der Waals surface area contributed by atoms with Gasteiger partial charge in [-0.3, -0.25) is 14.4 Å². The smallest absolute Gasteiger partial charge is 0.310 e. The molecule has 1 spiro atoms. The molecule has 3 aliphatic heterocycles. The average Bonchev–Trinajstić information content (AvgIpc) is 3.43. The lowest BCUT2D eigenvalue weighted by molar-refractivity contribution is -0.154. The zero-order valence-corrected chi connectivity index (χ0v) is 23.1. The van der Waals surface area contributed by atoms with Gasteiger partial charge in [-0.25, -0.2) is 0 Å². The molecule has 3 rings (SSSR count). The number of thioether (sulfide) groups is 1. The van der Waals surface area contributed by atoms with E-state index in [9.17, 15) is 19.5 Å². The number of aliphatic hydroxyl groups excluding tert-OH is 1. The predicted octanol–water partition coefficient (Wildman–Crippen LogP) is 3.55. The topological polar surface area (TPSA) is 87.2 Å². The summed E-state index contributed by atoms with van der Waals surface area (Å²) in [5.41, 5.74) is 0. The molecule has 0 aromatic carbocycles. The predicted molar refractivity (Wildman–Crippen MR) is 142 cm³/mol. The third kappa shape index (κ3) is 5.52. The SMILES string of the molecule is C=CCCCCOC(=O)[C@H]1[C@@H]2SC3(CC2Br)C(C(=O)N(CC=C)CCCC)N(CCCO)C(=O)[C@H]13. The van der Waals surface area contributed by atoms with Gasteiger partial charge in [0.15, 0.2) is 0 Å². The molecular formula is C26H39BrN2O5S. The van der Waals surface area contributed by atoms with Crippen LogP contribution in [-0.4, -0.2) is 86.4 Å². The van der Waals surface area contributed by atoms with E-state index < -0.39 is 22.6 Å². The highest BCUT2D eigenvalue weighted by atomic mass is 79.9. The fourth-order valence-electron chi connectivity index (χ4n) is 5.79. The largest absolute Gasteiger partial charge is 0.465 e. The third-order valence-corrected chi connectivity index (χ3v) is 10.6. The van der Waals surface area contributed by atoms with Crippen LogP contribution in [0.2, 0.25) is 0 Å². The molecule has 2 amide bonds. The van der Waals surface area contributed by atoms with Gasteiger partial charge in [0.2, 0.25) is 11.8 Å². The minimum Gasteiger partial charge on any atom is -0.465 e. The van der Waals surface area contributed by atoms with E-state index in [-0.39, 0.29) is 34.5 Å². The number of rotatable bonds is 15. The summed E-state index contributed by atoms with van der Waals surface area (Å²) in [6, 6.07) is -0.663. The quantitative estimate of drug-likeness (QED) is 0.140. The lowest BCUT2D eigenvalue weighted by atomic mass is 9.71. The van der Waals surface area contributed by atoms with E-state index in [1.165, 1.54) is 0 Å². The third-order valence-electron chi connectivity index (χ3n) is 7.34. The first kappa shape index (κ1) is 28.3. The molecule has 0 aromatic heterocycles. The first-order chi connectivity index (χ1) is 16.9. The van der Waals surface area contributed by atoms with Crippen molar-refractivity contribution in [1.82, 2.24) is 9.80 Å². The number of likely N-dealkylation sites (tertiary alicyclic amines) is 1. The fraction of sp³-hybridized carbons (Fsp3) is 0.731. The summed E-state index contributed by atoms with van der Waals surface area (Å²) in [6.07, 6.45) is 8.93. The molecule has 196 valence electrons. The number of fused-ring (bicyclic) bond motifs is 1. The van der Waals surface area contributed by atoms with Crippen molar-refractivity contribution in [2.45, 2.75) is 72.7 Å². The molecule has 0 aromatic rings. The average molecular weight is 572 g/mol. The van der Waals surface area contributed by atoms with E-state index >= 15 is 0 Å². The number of alkyl halides is 1. The molecule has 0 aliphatic carbocycles. The second-order valence-electron chi connectivity index (χ2n) is 9.65. The molecule has 1 N–H and O–H groups in total. The number of aliphatic hydroxyl groups is 1. The minimum absolute atomic E-state index is 0.0199. The van der Waals surface area contributed by atoms with Crippen molar-refractivity contribution < 1.29 is 24.2 Å². The Balaban J connectivity index is 1.90. The lowest BCUT2D eigenvalue weighted by Gasteiger charge is -2.37. The van der Waals surface area contributed by atoms with Gasteiger partial charge in [-0.1, -0.05) is 41.4 Å². The molecule has 9 heteroatoms. The summed E-state index contributed by atoms with van der Waals surface area (Å²) < 4.78 is 4.97. The lowest BCUT2D eigenvalue weighted by Crippen LogP contribution is -2.55. The molecule has 7 nitrogen and oxygen atoms in total. The second-order valence-corrected chi connectivity index (χ2v) is 12.4. The number of ether oxygens (including phenoxy) is 1. The zero-order valence-electron chi connectivity index (χ0n) is 20.7. The summed E-state index contributed by atoms with van der Waals surface area (Å²) in [7, 11) is 0. The molecule has 3 aliphatic rings. The van der Waals surface area contributed by atoms with Crippen LogP contribution in [0.5, 0.6) is 0 Å². The van der Waals surface area contributed by atoms with Gasteiger partial charge in [0.05, 0.1) is 23.2 Å². The van der Waals surface area contributed by atoms with Crippen LogP contribution in [0.1, 0.15) is 51.9 Å². The summed E-state index contributed by atoms with van der Waals surface area (Å²) >= 11 is 5.38. The number of nitrogens with zero attached hydrogens (tertiary/aromatic N) is 2. The summed E-state index contributed by atoms with van der Waals surface area (Å²) in [5.74, 6) is -1.75. The molecule has 3 fully saturated rings. The molecule has 35 heavy (non-hydrogen) atoms. The first-order valence-electron chi connectivity index (χ1n) is 12.8. The molecule has 2 bridgehead atoms. The number of esters is 1. The van der Waals surface area contributed by atoms with E-state index in [2.05, 4.69) is 36.0 Å². The van der Waals surface area contributed by atoms with Crippen molar-refractivity contribution in [3.63, 3.8) is 0 Å². The maximum Gasteiger partial charge on any atom is 0.310 e. The van der Waals surface area contributed by atoms with Crippen LogP contribution in [0, 0.1) is 11.8 Å². The summed E-state index contributed by atoms with van der Waals surface area (Å²) in [6.45, 7) is 11.2. The van der Waals surface area contributed by atoms with Gasteiger partial charge >= 0.3 is 5.97 Å². The number of carbonyl (C=O) groups excluding carboxylic acids is 3. The molecule has 6 atom stereocenters. The summed E-state index contributed by atoms with van der Waals surface area (Å²) in [5, 5.41) is 9.37. The van der Waals surface area contributed by atoms with Gasteiger partial charge in [0, 0.05) is 36.3 Å². The normalized spacial score (nSPS) is 30.9. The van der Waals surface area contributed by atoms with Gasteiger partial charge in [0.25, 0.3) is 0 Å². The van der Waals surface area contributed by atoms with E-state index in [0.29, 0.717) is 39.1 Å². The van der Waals surface area contributed by atoms with Crippen LogP contribution >= 0.6 is 27.7 Å². The zero-order chi connectivity index (χ0) is 25.6. The van der Waals surface area contributed by atoms with Crippen LogP contribution in [0.3, 0.4) is 0 Å². The highest BCUT2D eigenvalue weighted by Gasteiger charge is 2.76. The van der Waals surface area contributed by atoms with Crippen molar-refractivity contribution in [2.24, 2.45) is 11.8 Å². The van der Waals surface area contributed by atoms with Crippen LogP contribution in [0.4, 0.5) is 0 Å². The second kappa shape index (κ2) is 12.8. The minimum atomic E-state index is -0.680. The van der Waals surface area contributed by atoms with Crippen LogP contribution in [0.15, 0.2) is 25.3 Å². The van der Waals surface area contributed by atoms with Crippen molar-refractivity contribution in [1.29, 1.82) is 0 Å². The first-order valence-corrected chi connectivity index (χ1v) is 14.6. The monoisotopic (exact) mass is 570 g/mol. The van der Waals surface area contributed by atoms with E-state index in [1.54, 1.807) is 27.6 Å². The van der Waals surface area contributed by atoms with Gasteiger partial charge in [0.1, 0.15) is 6.04 Å². The fourth-order valence-corrected chi connectivity index (χ4v) is 9.38. The number of carbonyl (C=O) groups is 3. The Kier molecular flexibility index (Phi) is 10.3. The highest BCUT2D eigenvalue weighted by molar-refractivity contribution is 9.09. The Morgan fingerprint density at radius 2 is 2.06 bits per heavy atom. The van der Waals surface area contributed by atoms with Crippen molar-refractivity contribution >= 4 is 45.5 Å². The molecular weight excluding hydrogens is 532 g/mol. The van der Waals surface area contributed by atoms with Crippen LogP contribution < -0.4 is 0 Å². The number of amides is 2. The number of unbranched alkanes of at least 4 members (excludes halogenated alkanes) is 3. The Labute approximate surface area is 221 Å². The number of halogens is 1. The summed E-state index contributed by atoms with van der Waals surface area (Å²) in [4.78, 5) is 44.6. The molecule has 0 radical (unpaired) electrons.